The van der Waals surface area contributed by atoms with Crippen LogP contribution < -0.4 is 5.73 Å². The van der Waals surface area contributed by atoms with Gasteiger partial charge in [-0.1, -0.05) is 59.7 Å². The van der Waals surface area contributed by atoms with Crippen LogP contribution in [-0.2, 0) is 14.6 Å². The van der Waals surface area contributed by atoms with Crippen LogP contribution in [-0.4, -0.2) is 32.4 Å². The number of ether oxygens (including phenoxy) is 1. The fraction of sp³-hybridized carbons (Fsp3) is 0.350. The molecule has 0 spiro atoms. The van der Waals surface area contributed by atoms with Gasteiger partial charge in [0.2, 0.25) is 0 Å². The monoisotopic (exact) mass is 389 g/mol. The van der Waals surface area contributed by atoms with Crippen molar-refractivity contribution < 1.29 is 13.2 Å². The van der Waals surface area contributed by atoms with E-state index in [0.29, 0.717) is 4.90 Å². The summed E-state index contributed by atoms with van der Waals surface area (Å²) in [6.07, 6.45) is 0. The Kier molecular flexibility index (Phi) is 4.94. The SMILES string of the molecule is COC[C@@]1(C(N)=S)[C@@H](c2ccc(C)cc2)[C@@H]1S(=O)(=O)c1ccc(C)cc1. The van der Waals surface area contributed by atoms with Gasteiger partial charge in [-0.15, -0.1) is 0 Å². The summed E-state index contributed by atoms with van der Waals surface area (Å²) in [6.45, 7) is 4.09. The van der Waals surface area contributed by atoms with Gasteiger partial charge < -0.3 is 10.5 Å². The molecule has 0 saturated heterocycles. The van der Waals surface area contributed by atoms with Crippen LogP contribution in [0.25, 0.3) is 0 Å². The van der Waals surface area contributed by atoms with Crippen LogP contribution >= 0.6 is 12.2 Å². The summed E-state index contributed by atoms with van der Waals surface area (Å²) in [5, 5.41) is -0.724. The maximum Gasteiger partial charge on any atom is 0.182 e. The average Bonchev–Trinajstić information content (AvgIpc) is 3.27. The minimum atomic E-state index is -3.61. The summed E-state index contributed by atoms with van der Waals surface area (Å²) in [7, 11) is -2.07. The van der Waals surface area contributed by atoms with Gasteiger partial charge in [-0.3, -0.25) is 0 Å². The van der Waals surface area contributed by atoms with Crippen molar-refractivity contribution in [2.24, 2.45) is 11.1 Å². The van der Waals surface area contributed by atoms with Crippen LogP contribution in [0.5, 0.6) is 0 Å². The van der Waals surface area contributed by atoms with Crippen molar-refractivity contribution in [2.75, 3.05) is 13.7 Å². The molecule has 0 aromatic heterocycles. The van der Waals surface area contributed by atoms with E-state index < -0.39 is 20.5 Å². The number of hydrogen-bond acceptors (Lipinski definition) is 4. The minimum absolute atomic E-state index is 0.177. The van der Waals surface area contributed by atoms with Crippen molar-refractivity contribution >= 4 is 27.0 Å². The molecule has 2 aromatic carbocycles. The number of hydrogen-bond donors (Lipinski definition) is 1. The zero-order valence-electron chi connectivity index (χ0n) is 15.1. The van der Waals surface area contributed by atoms with E-state index in [2.05, 4.69) is 0 Å². The minimum Gasteiger partial charge on any atom is -0.393 e. The maximum absolute atomic E-state index is 13.4. The topological polar surface area (TPSA) is 69.4 Å². The molecule has 6 heteroatoms. The molecule has 2 aromatic rings. The summed E-state index contributed by atoms with van der Waals surface area (Å²) in [4.78, 5) is 0.477. The summed E-state index contributed by atoms with van der Waals surface area (Å²) in [5.74, 6) is -0.313. The highest BCUT2D eigenvalue weighted by atomic mass is 32.2. The van der Waals surface area contributed by atoms with Gasteiger partial charge >= 0.3 is 0 Å². The van der Waals surface area contributed by atoms with Crippen LogP contribution in [0.1, 0.15) is 22.6 Å². The number of rotatable bonds is 6. The molecule has 1 fully saturated rings. The zero-order chi connectivity index (χ0) is 19.1. The van der Waals surface area contributed by atoms with Crippen molar-refractivity contribution in [1.29, 1.82) is 0 Å². The second-order valence-corrected chi connectivity index (χ2v) is 9.51. The molecule has 3 rings (SSSR count). The van der Waals surface area contributed by atoms with E-state index >= 15 is 0 Å². The first-order chi connectivity index (χ1) is 12.2. The normalized spacial score (nSPS) is 25.0. The quantitative estimate of drug-likeness (QED) is 0.769. The van der Waals surface area contributed by atoms with Crippen molar-refractivity contribution in [3.8, 4) is 0 Å². The molecule has 2 N–H and O–H groups in total. The molecule has 26 heavy (non-hydrogen) atoms. The zero-order valence-corrected chi connectivity index (χ0v) is 16.7. The predicted octanol–water partition coefficient (Wildman–Crippen LogP) is 3.16. The summed E-state index contributed by atoms with van der Waals surface area (Å²) < 4.78 is 32.1. The Morgan fingerprint density at radius 3 is 2.04 bits per heavy atom. The molecule has 0 amide bonds. The lowest BCUT2D eigenvalue weighted by Crippen LogP contribution is -2.33. The Labute approximate surface area is 160 Å². The van der Waals surface area contributed by atoms with Crippen LogP contribution in [0.3, 0.4) is 0 Å². The third-order valence-corrected chi connectivity index (χ3v) is 7.89. The van der Waals surface area contributed by atoms with E-state index in [1.807, 2.05) is 38.1 Å². The molecule has 138 valence electrons. The Morgan fingerprint density at radius 2 is 1.58 bits per heavy atom. The van der Waals surface area contributed by atoms with Gasteiger partial charge in [-0.05, 0) is 31.5 Å². The van der Waals surface area contributed by atoms with E-state index in [1.165, 1.54) is 0 Å². The summed E-state index contributed by atoms with van der Waals surface area (Å²) in [5.41, 5.74) is 8.20. The highest BCUT2D eigenvalue weighted by Gasteiger charge is 2.73. The van der Waals surface area contributed by atoms with Crippen LogP contribution in [0.2, 0.25) is 0 Å². The fourth-order valence-electron chi connectivity index (χ4n) is 3.76. The highest BCUT2D eigenvalue weighted by molar-refractivity contribution is 7.92. The number of nitrogens with two attached hydrogens (primary N) is 1. The second-order valence-electron chi connectivity index (χ2n) is 7.00. The van der Waals surface area contributed by atoms with E-state index in [4.69, 9.17) is 22.7 Å². The van der Waals surface area contributed by atoms with E-state index in [1.54, 1.807) is 31.4 Å². The van der Waals surface area contributed by atoms with Gasteiger partial charge in [0.25, 0.3) is 0 Å². The van der Waals surface area contributed by atoms with Gasteiger partial charge in [-0.25, -0.2) is 8.42 Å². The highest BCUT2D eigenvalue weighted by Crippen LogP contribution is 2.64. The van der Waals surface area contributed by atoms with E-state index in [9.17, 15) is 8.42 Å². The van der Waals surface area contributed by atoms with Gasteiger partial charge in [0, 0.05) is 13.0 Å². The summed E-state index contributed by atoms with van der Waals surface area (Å²) in [6, 6.07) is 14.7. The summed E-state index contributed by atoms with van der Waals surface area (Å²) >= 11 is 5.31. The number of aryl methyl sites for hydroxylation is 2. The molecule has 0 unspecified atom stereocenters. The van der Waals surface area contributed by atoms with Crippen molar-refractivity contribution in [3.05, 3.63) is 65.2 Å². The van der Waals surface area contributed by atoms with Crippen LogP contribution in [0.15, 0.2) is 53.4 Å². The molecule has 1 aliphatic rings. The lowest BCUT2D eigenvalue weighted by molar-refractivity contribution is 0.166. The number of thiocarbonyl (C=S) groups is 1. The maximum atomic E-state index is 13.4. The van der Waals surface area contributed by atoms with Crippen molar-refractivity contribution in [1.82, 2.24) is 0 Å². The Morgan fingerprint density at radius 1 is 1.08 bits per heavy atom. The molecule has 0 bridgehead atoms. The van der Waals surface area contributed by atoms with E-state index in [0.717, 1.165) is 16.7 Å². The molecule has 3 atom stereocenters. The van der Waals surface area contributed by atoms with Crippen molar-refractivity contribution in [3.63, 3.8) is 0 Å². The Bertz CT molecular complexity index is 921. The lowest BCUT2D eigenvalue weighted by Gasteiger charge is -2.16. The van der Waals surface area contributed by atoms with Crippen LogP contribution in [0.4, 0.5) is 0 Å². The molecule has 0 aliphatic heterocycles. The molecule has 4 nitrogen and oxygen atoms in total. The Balaban J connectivity index is 2.11. The predicted molar refractivity (Wildman–Crippen MR) is 107 cm³/mol. The third-order valence-electron chi connectivity index (χ3n) is 5.22. The number of sulfone groups is 1. The number of benzene rings is 2. The average molecular weight is 390 g/mol. The smallest absolute Gasteiger partial charge is 0.182 e. The first-order valence-electron chi connectivity index (χ1n) is 8.41. The second kappa shape index (κ2) is 6.76. The first kappa shape index (κ1) is 19.0. The van der Waals surface area contributed by atoms with Gasteiger partial charge in [-0.2, -0.15) is 0 Å². The van der Waals surface area contributed by atoms with Crippen LogP contribution in [0, 0.1) is 19.3 Å². The largest absolute Gasteiger partial charge is 0.393 e. The van der Waals surface area contributed by atoms with Gasteiger partial charge in [0.1, 0.15) is 0 Å². The molecular formula is C20H23NO3S2. The van der Waals surface area contributed by atoms with Crippen molar-refractivity contribution in [2.45, 2.75) is 29.9 Å². The molecule has 0 heterocycles. The first-order valence-corrected chi connectivity index (χ1v) is 10.4. The van der Waals surface area contributed by atoms with Gasteiger partial charge in [0.15, 0.2) is 9.84 Å². The molecular weight excluding hydrogens is 366 g/mol. The number of methoxy groups -OCH3 is 1. The molecule has 0 radical (unpaired) electrons. The third kappa shape index (κ3) is 2.96. The Hall–Kier alpha value is -1.76. The van der Waals surface area contributed by atoms with E-state index in [-0.39, 0.29) is 17.5 Å². The van der Waals surface area contributed by atoms with Gasteiger partial charge in [0.05, 0.1) is 27.2 Å². The molecule has 1 aliphatic carbocycles. The standard InChI is InChI=1S/C20H23NO3S2/c1-13-4-8-15(9-5-13)17-18(20(17,12-24-3)19(21)25)26(22,23)16-10-6-14(2)7-11-16/h4-11,17-18H,12H2,1-3H3,(H2,21,25)/t17-,18-,20+/m0/s1. The fourth-order valence-corrected chi connectivity index (χ4v) is 6.53. The lowest BCUT2D eigenvalue weighted by atomic mass is 9.99. The molecule has 1 saturated carbocycles.